The molecule has 2 amide bonds. The van der Waals surface area contributed by atoms with Crippen LogP contribution in [0.3, 0.4) is 0 Å². The van der Waals surface area contributed by atoms with E-state index < -0.39 is 0 Å². The molecule has 2 heterocycles. The fourth-order valence-electron chi connectivity index (χ4n) is 4.20. The van der Waals surface area contributed by atoms with E-state index in [2.05, 4.69) is 15.5 Å². The molecular weight excluding hydrogens is 332 g/mol. The minimum absolute atomic E-state index is 0.0701. The molecule has 1 saturated heterocycles. The van der Waals surface area contributed by atoms with Crippen LogP contribution in [0.2, 0.25) is 0 Å². The molecule has 138 valence electrons. The van der Waals surface area contributed by atoms with Crippen LogP contribution in [0.25, 0.3) is 0 Å². The van der Waals surface area contributed by atoms with Gasteiger partial charge in [-0.3, -0.25) is 0 Å². The molecule has 2 fully saturated rings. The standard InChI is InChI=1S/C19H24N4O3/c1-25-18-14-7-8-15(18)12-23(11-14)19(24)20-10-17-21-16(22-26-17)9-13-5-3-2-4-6-13/h2-6,14-15,18H,7-12H2,1H3,(H,20,24)/t14-,15+,18?. The Kier molecular flexibility index (Phi) is 4.88. The molecule has 2 aliphatic rings. The van der Waals surface area contributed by atoms with Gasteiger partial charge in [-0.1, -0.05) is 35.5 Å². The number of amides is 2. The molecule has 1 N–H and O–H groups in total. The number of rotatable bonds is 5. The summed E-state index contributed by atoms with van der Waals surface area (Å²) in [6, 6.07) is 9.92. The molecule has 1 aliphatic carbocycles. The Morgan fingerprint density at radius 2 is 2.00 bits per heavy atom. The Balaban J connectivity index is 1.29. The Hall–Kier alpha value is -2.41. The summed E-state index contributed by atoms with van der Waals surface area (Å²) in [5.41, 5.74) is 1.13. The molecule has 1 unspecified atom stereocenters. The Morgan fingerprint density at radius 3 is 2.69 bits per heavy atom. The van der Waals surface area contributed by atoms with Crippen LogP contribution in [-0.2, 0) is 17.7 Å². The molecule has 0 radical (unpaired) electrons. The van der Waals surface area contributed by atoms with E-state index in [1.54, 1.807) is 7.11 Å². The zero-order valence-electron chi connectivity index (χ0n) is 14.9. The second-order valence-electron chi connectivity index (χ2n) is 7.13. The van der Waals surface area contributed by atoms with Crippen molar-refractivity contribution >= 4 is 6.03 Å². The number of nitrogens with zero attached hydrogens (tertiary/aromatic N) is 3. The van der Waals surface area contributed by atoms with Gasteiger partial charge >= 0.3 is 6.03 Å². The van der Waals surface area contributed by atoms with E-state index >= 15 is 0 Å². The highest BCUT2D eigenvalue weighted by Crippen LogP contribution is 2.38. The number of benzene rings is 1. The summed E-state index contributed by atoms with van der Waals surface area (Å²) in [4.78, 5) is 18.7. The van der Waals surface area contributed by atoms with Crippen molar-refractivity contribution in [2.45, 2.75) is 31.9 Å². The molecule has 2 aromatic rings. The van der Waals surface area contributed by atoms with E-state index in [1.807, 2.05) is 35.2 Å². The van der Waals surface area contributed by atoms with Crippen LogP contribution in [0.1, 0.15) is 30.1 Å². The van der Waals surface area contributed by atoms with Crippen LogP contribution in [-0.4, -0.2) is 47.4 Å². The van der Waals surface area contributed by atoms with Gasteiger partial charge in [0.1, 0.15) is 0 Å². The zero-order chi connectivity index (χ0) is 17.9. The third-order valence-electron chi connectivity index (χ3n) is 5.41. The van der Waals surface area contributed by atoms with E-state index in [-0.39, 0.29) is 12.6 Å². The first-order valence-corrected chi connectivity index (χ1v) is 9.14. The Labute approximate surface area is 152 Å². The Morgan fingerprint density at radius 1 is 1.27 bits per heavy atom. The maximum absolute atomic E-state index is 12.5. The molecule has 7 heteroatoms. The molecule has 3 atom stereocenters. The summed E-state index contributed by atoms with van der Waals surface area (Å²) in [6.07, 6.45) is 3.20. The average Bonchev–Trinajstić information content (AvgIpc) is 3.21. The molecular formula is C19H24N4O3. The molecule has 1 aromatic carbocycles. The van der Waals surface area contributed by atoms with Crippen molar-refractivity contribution in [2.24, 2.45) is 11.8 Å². The molecule has 1 aromatic heterocycles. The number of likely N-dealkylation sites (tertiary alicyclic amines) is 1. The van der Waals surface area contributed by atoms with E-state index in [0.29, 0.717) is 36.1 Å². The summed E-state index contributed by atoms with van der Waals surface area (Å²) in [5.74, 6) is 1.95. The molecule has 26 heavy (non-hydrogen) atoms. The first-order valence-electron chi connectivity index (χ1n) is 9.14. The van der Waals surface area contributed by atoms with Crippen molar-refractivity contribution in [1.29, 1.82) is 0 Å². The maximum Gasteiger partial charge on any atom is 0.317 e. The number of nitrogens with one attached hydrogen (secondary N) is 1. The fourth-order valence-corrected chi connectivity index (χ4v) is 4.20. The number of methoxy groups -OCH3 is 1. The normalized spacial score (nSPS) is 24.7. The smallest absolute Gasteiger partial charge is 0.317 e. The Bertz CT molecular complexity index is 734. The quantitative estimate of drug-likeness (QED) is 0.888. The summed E-state index contributed by atoms with van der Waals surface area (Å²) < 4.78 is 10.8. The van der Waals surface area contributed by atoms with Gasteiger partial charge in [-0.2, -0.15) is 4.98 Å². The lowest BCUT2D eigenvalue weighted by Gasteiger charge is -2.37. The van der Waals surface area contributed by atoms with E-state index in [4.69, 9.17) is 9.26 Å². The molecule has 1 aliphatic heterocycles. The van der Waals surface area contributed by atoms with E-state index in [9.17, 15) is 4.79 Å². The number of fused-ring (bicyclic) bond motifs is 2. The van der Waals surface area contributed by atoms with Gasteiger partial charge in [-0.05, 0) is 18.4 Å². The molecule has 4 rings (SSSR count). The van der Waals surface area contributed by atoms with Crippen LogP contribution in [0.5, 0.6) is 0 Å². The average molecular weight is 356 g/mol. The molecule has 1 saturated carbocycles. The van der Waals surface area contributed by atoms with Crippen LogP contribution in [0.15, 0.2) is 34.9 Å². The van der Waals surface area contributed by atoms with Gasteiger partial charge in [-0.25, -0.2) is 4.79 Å². The number of aromatic nitrogens is 2. The lowest BCUT2D eigenvalue weighted by molar-refractivity contribution is -0.00515. The summed E-state index contributed by atoms with van der Waals surface area (Å²) in [6.45, 7) is 1.76. The number of hydrogen-bond acceptors (Lipinski definition) is 5. The second kappa shape index (κ2) is 7.45. The number of ether oxygens (including phenoxy) is 1. The lowest BCUT2D eigenvalue weighted by Crippen LogP contribution is -2.51. The highest BCUT2D eigenvalue weighted by Gasteiger charge is 2.43. The predicted octanol–water partition coefficient (Wildman–Crippen LogP) is 2.23. The lowest BCUT2D eigenvalue weighted by atomic mass is 9.95. The van der Waals surface area contributed by atoms with Gasteiger partial charge in [0.2, 0.25) is 5.89 Å². The van der Waals surface area contributed by atoms with Crippen molar-refractivity contribution in [3.63, 3.8) is 0 Å². The first kappa shape index (κ1) is 17.0. The topological polar surface area (TPSA) is 80.5 Å². The van der Waals surface area contributed by atoms with Crippen LogP contribution < -0.4 is 5.32 Å². The van der Waals surface area contributed by atoms with Gasteiger partial charge < -0.3 is 19.5 Å². The number of carbonyl (C=O) groups excluding carboxylic acids is 1. The monoisotopic (exact) mass is 356 g/mol. The fraction of sp³-hybridized carbons (Fsp3) is 0.526. The first-order chi connectivity index (χ1) is 12.7. The van der Waals surface area contributed by atoms with Crippen molar-refractivity contribution in [1.82, 2.24) is 20.4 Å². The second-order valence-corrected chi connectivity index (χ2v) is 7.13. The third-order valence-corrected chi connectivity index (χ3v) is 5.41. The minimum atomic E-state index is -0.0701. The summed E-state index contributed by atoms with van der Waals surface area (Å²) in [5, 5.41) is 6.89. The maximum atomic E-state index is 12.5. The van der Waals surface area contributed by atoms with Crippen molar-refractivity contribution in [3.05, 3.63) is 47.6 Å². The van der Waals surface area contributed by atoms with Crippen LogP contribution in [0, 0.1) is 11.8 Å². The largest absolute Gasteiger partial charge is 0.381 e. The third kappa shape index (κ3) is 3.58. The highest BCUT2D eigenvalue weighted by atomic mass is 16.5. The summed E-state index contributed by atoms with van der Waals surface area (Å²) in [7, 11) is 1.77. The molecule has 2 bridgehead atoms. The van der Waals surface area contributed by atoms with Gasteiger partial charge in [0.15, 0.2) is 5.82 Å². The van der Waals surface area contributed by atoms with Gasteiger partial charge in [0, 0.05) is 38.5 Å². The van der Waals surface area contributed by atoms with Crippen molar-refractivity contribution < 1.29 is 14.1 Å². The molecule has 7 nitrogen and oxygen atoms in total. The summed E-state index contributed by atoms with van der Waals surface area (Å²) >= 11 is 0. The van der Waals surface area contributed by atoms with Crippen molar-refractivity contribution in [2.75, 3.05) is 20.2 Å². The highest BCUT2D eigenvalue weighted by molar-refractivity contribution is 5.74. The van der Waals surface area contributed by atoms with E-state index in [1.165, 1.54) is 0 Å². The predicted molar refractivity (Wildman–Crippen MR) is 94.4 cm³/mol. The number of carbonyl (C=O) groups is 1. The SMILES string of the molecule is COC1[C@@H]2CC[C@H]1CN(C(=O)NCc1nc(Cc3ccccc3)no1)C2. The van der Waals surface area contributed by atoms with Gasteiger partial charge in [0.25, 0.3) is 0 Å². The minimum Gasteiger partial charge on any atom is -0.381 e. The molecule has 0 spiro atoms. The van der Waals surface area contributed by atoms with Crippen molar-refractivity contribution in [3.8, 4) is 0 Å². The number of urea groups is 1. The van der Waals surface area contributed by atoms with Crippen LogP contribution in [0.4, 0.5) is 4.79 Å². The van der Waals surface area contributed by atoms with Gasteiger partial charge in [0.05, 0.1) is 12.6 Å². The zero-order valence-corrected chi connectivity index (χ0v) is 14.9. The number of piperidine rings is 1. The van der Waals surface area contributed by atoms with E-state index in [0.717, 1.165) is 31.5 Å². The van der Waals surface area contributed by atoms with Crippen LogP contribution >= 0.6 is 0 Å². The van der Waals surface area contributed by atoms with Gasteiger partial charge in [-0.15, -0.1) is 0 Å². The number of hydrogen-bond donors (Lipinski definition) is 1.